The van der Waals surface area contributed by atoms with Crippen LogP contribution < -0.4 is 4.90 Å². The first-order valence-corrected chi connectivity index (χ1v) is 9.61. The van der Waals surface area contributed by atoms with Crippen molar-refractivity contribution in [2.75, 3.05) is 18.0 Å². The van der Waals surface area contributed by atoms with E-state index in [1.807, 2.05) is 0 Å². The highest BCUT2D eigenvalue weighted by Crippen LogP contribution is 2.31. The van der Waals surface area contributed by atoms with Crippen molar-refractivity contribution in [1.82, 2.24) is 9.97 Å². The van der Waals surface area contributed by atoms with Crippen molar-refractivity contribution in [1.29, 1.82) is 5.26 Å². The number of hydrogen-bond donors (Lipinski definition) is 1. The number of hydrogen-bond acceptors (Lipinski definition) is 7. The van der Waals surface area contributed by atoms with Crippen LogP contribution >= 0.6 is 11.6 Å². The molecule has 1 aromatic carbocycles. The van der Waals surface area contributed by atoms with Gasteiger partial charge in [0.2, 0.25) is 5.82 Å². The Bertz CT molecular complexity index is 1070. The van der Waals surface area contributed by atoms with Crippen LogP contribution in [0.1, 0.15) is 22.6 Å². The first-order chi connectivity index (χ1) is 12.7. The predicted molar refractivity (Wildman–Crippen MR) is 92.9 cm³/mol. The fourth-order valence-corrected chi connectivity index (χ4v) is 5.11. The molecule has 1 aliphatic rings. The summed E-state index contributed by atoms with van der Waals surface area (Å²) in [5, 5.41) is 17.1. The number of halogens is 2. The molecule has 0 spiro atoms. The summed E-state index contributed by atoms with van der Waals surface area (Å²) < 4.78 is 38.9. The molecule has 0 saturated carbocycles. The van der Waals surface area contributed by atoms with Crippen LogP contribution in [-0.4, -0.2) is 47.8 Å². The first kappa shape index (κ1) is 19.0. The summed E-state index contributed by atoms with van der Waals surface area (Å²) in [6, 6.07) is 4.77. The van der Waals surface area contributed by atoms with Crippen LogP contribution in [-0.2, 0) is 9.84 Å². The highest BCUT2D eigenvalue weighted by Gasteiger charge is 2.37. The molecule has 0 bridgehead atoms. The lowest BCUT2D eigenvalue weighted by Gasteiger charge is -2.19. The van der Waals surface area contributed by atoms with Crippen LogP contribution in [0.15, 0.2) is 29.3 Å². The Morgan fingerprint density at radius 3 is 2.81 bits per heavy atom. The zero-order valence-electron chi connectivity index (χ0n) is 13.6. The molecule has 1 unspecified atom stereocenters. The number of nitrogens with zero attached hydrogens (tertiary/aromatic N) is 4. The second kappa shape index (κ2) is 7.09. The predicted octanol–water partition coefficient (Wildman–Crippen LogP) is 1.89. The number of aromatic nitrogens is 2. The van der Waals surface area contributed by atoms with Gasteiger partial charge in [-0.3, -0.25) is 0 Å². The average Bonchev–Trinajstić information content (AvgIpc) is 3.11. The largest absolute Gasteiger partial charge is 0.477 e. The summed E-state index contributed by atoms with van der Waals surface area (Å²) in [5.74, 6) is -2.18. The van der Waals surface area contributed by atoms with E-state index >= 15 is 0 Å². The van der Waals surface area contributed by atoms with Crippen molar-refractivity contribution in [2.24, 2.45) is 0 Å². The molecule has 2 heterocycles. The minimum Gasteiger partial charge on any atom is -0.477 e. The van der Waals surface area contributed by atoms with E-state index in [9.17, 15) is 22.7 Å². The van der Waals surface area contributed by atoms with Crippen molar-refractivity contribution < 1.29 is 22.7 Å². The molecule has 140 valence electrons. The number of carbonyl (C=O) groups is 1. The quantitative estimate of drug-likeness (QED) is 0.757. The Morgan fingerprint density at radius 2 is 2.19 bits per heavy atom. The molecule has 11 heteroatoms. The maximum absolute atomic E-state index is 13.2. The molecule has 2 aromatic rings. The van der Waals surface area contributed by atoms with Gasteiger partial charge in [0.15, 0.2) is 9.84 Å². The summed E-state index contributed by atoms with van der Waals surface area (Å²) in [5.41, 5.74) is -0.230. The minimum atomic E-state index is -3.87. The van der Waals surface area contributed by atoms with Crippen molar-refractivity contribution >= 4 is 33.2 Å². The number of carboxylic acids is 1. The van der Waals surface area contributed by atoms with E-state index in [1.54, 1.807) is 6.07 Å². The van der Waals surface area contributed by atoms with Gasteiger partial charge >= 0.3 is 5.97 Å². The molecule has 0 amide bonds. The van der Waals surface area contributed by atoms with Gasteiger partial charge in [0.05, 0.1) is 15.2 Å². The second-order valence-electron chi connectivity index (χ2n) is 5.82. The fraction of sp³-hybridized carbons (Fsp3) is 0.250. The van der Waals surface area contributed by atoms with Crippen LogP contribution in [0, 0.1) is 17.1 Å². The number of aromatic carboxylic acids is 1. The Labute approximate surface area is 158 Å². The lowest BCUT2D eigenvalue weighted by molar-refractivity contribution is 0.0696. The molecule has 1 fully saturated rings. The van der Waals surface area contributed by atoms with Gasteiger partial charge in [-0.2, -0.15) is 5.26 Å². The molecule has 1 aliphatic heterocycles. The van der Waals surface area contributed by atoms with Gasteiger partial charge in [-0.05, 0) is 24.6 Å². The number of benzene rings is 1. The molecular weight excluding hydrogens is 399 g/mol. The van der Waals surface area contributed by atoms with Gasteiger partial charge < -0.3 is 10.0 Å². The van der Waals surface area contributed by atoms with Gasteiger partial charge in [-0.15, -0.1) is 0 Å². The van der Waals surface area contributed by atoms with Gasteiger partial charge in [-0.1, -0.05) is 11.6 Å². The van der Waals surface area contributed by atoms with Crippen molar-refractivity contribution in [3.63, 3.8) is 0 Å². The van der Waals surface area contributed by atoms with E-state index < -0.39 is 26.9 Å². The number of rotatable bonds is 4. The molecule has 27 heavy (non-hydrogen) atoms. The molecular formula is C16H12ClFN4O4S. The lowest BCUT2D eigenvalue weighted by Crippen LogP contribution is -2.29. The Balaban J connectivity index is 1.93. The second-order valence-corrected chi connectivity index (χ2v) is 8.43. The first-order valence-electron chi connectivity index (χ1n) is 7.68. The molecule has 1 saturated heterocycles. The summed E-state index contributed by atoms with van der Waals surface area (Å²) in [6.07, 6.45) is 1.21. The van der Waals surface area contributed by atoms with Crippen molar-refractivity contribution in [3.05, 3.63) is 46.6 Å². The fourth-order valence-electron chi connectivity index (χ4n) is 2.88. The third kappa shape index (κ3) is 3.56. The van der Waals surface area contributed by atoms with Gasteiger partial charge in [0.25, 0.3) is 0 Å². The highest BCUT2D eigenvalue weighted by atomic mass is 35.5. The molecule has 8 nitrogen and oxygen atoms in total. The monoisotopic (exact) mass is 410 g/mol. The summed E-state index contributed by atoms with van der Waals surface area (Å²) in [6.45, 7) is 0.170. The topological polar surface area (TPSA) is 124 Å². The third-order valence-electron chi connectivity index (χ3n) is 4.18. The smallest absolute Gasteiger partial charge is 0.341 e. The zero-order valence-corrected chi connectivity index (χ0v) is 15.2. The van der Waals surface area contributed by atoms with Gasteiger partial charge in [-0.25, -0.2) is 27.6 Å². The van der Waals surface area contributed by atoms with Crippen molar-refractivity contribution in [2.45, 2.75) is 16.6 Å². The maximum atomic E-state index is 13.2. The van der Waals surface area contributed by atoms with E-state index in [1.165, 1.54) is 4.90 Å². The summed E-state index contributed by atoms with van der Waals surface area (Å²) >= 11 is 5.89. The number of anilines is 1. The van der Waals surface area contributed by atoms with E-state index in [-0.39, 0.29) is 46.6 Å². The summed E-state index contributed by atoms with van der Waals surface area (Å²) in [7, 11) is -3.87. The van der Waals surface area contributed by atoms with Crippen LogP contribution in [0.3, 0.4) is 0 Å². The normalized spacial score (nSPS) is 16.9. The molecule has 1 N–H and O–H groups in total. The number of carboxylic acid groups (broad SMARTS) is 1. The van der Waals surface area contributed by atoms with Crippen molar-refractivity contribution in [3.8, 4) is 6.07 Å². The molecule has 0 radical (unpaired) electrons. The van der Waals surface area contributed by atoms with Crippen LogP contribution in [0.4, 0.5) is 10.2 Å². The zero-order chi connectivity index (χ0) is 19.8. The number of sulfone groups is 1. The lowest BCUT2D eigenvalue weighted by atomic mass is 10.3. The van der Waals surface area contributed by atoms with Crippen LogP contribution in [0.25, 0.3) is 0 Å². The molecule has 3 rings (SSSR count). The van der Waals surface area contributed by atoms with E-state index in [2.05, 4.69) is 9.97 Å². The third-order valence-corrected chi connectivity index (χ3v) is 6.84. The van der Waals surface area contributed by atoms with E-state index in [4.69, 9.17) is 16.9 Å². The summed E-state index contributed by atoms with van der Waals surface area (Å²) in [4.78, 5) is 20.2. The minimum absolute atomic E-state index is 0.0167. The molecule has 0 aliphatic carbocycles. The highest BCUT2D eigenvalue weighted by molar-refractivity contribution is 7.92. The molecule has 1 atom stereocenters. The van der Waals surface area contributed by atoms with E-state index in [0.29, 0.717) is 0 Å². The van der Waals surface area contributed by atoms with Gasteiger partial charge in [0, 0.05) is 19.3 Å². The molecule has 1 aromatic heterocycles. The standard InChI is InChI=1S/C16H12ClFN4O4S/c17-12-5-9(18)1-2-13(12)27(25,26)10-3-4-22(8-10)15-11(16(23)24)7-20-14(6-19)21-15/h1-2,5,7,10H,3-4,8H2,(H,23,24). The van der Waals surface area contributed by atoms with E-state index in [0.717, 1.165) is 24.4 Å². The Hall–Kier alpha value is -2.77. The van der Waals surface area contributed by atoms with Crippen LogP contribution in [0.2, 0.25) is 5.02 Å². The van der Waals surface area contributed by atoms with Crippen LogP contribution in [0.5, 0.6) is 0 Å². The maximum Gasteiger partial charge on any atom is 0.341 e. The Morgan fingerprint density at radius 1 is 1.44 bits per heavy atom. The SMILES string of the molecule is N#Cc1ncc(C(=O)O)c(N2CCC(S(=O)(=O)c3ccc(F)cc3Cl)C2)n1. The van der Waals surface area contributed by atoms with Gasteiger partial charge in [0.1, 0.15) is 23.3 Å². The Kier molecular flexibility index (Phi) is 4.99. The number of nitriles is 1. The average molecular weight is 411 g/mol.